The van der Waals surface area contributed by atoms with Crippen LogP contribution in [0.25, 0.3) is 17.5 Å². The molecule has 170 valence electrons. The van der Waals surface area contributed by atoms with E-state index in [1.54, 1.807) is 0 Å². The number of allylic oxidation sites excluding steroid dienone is 2. The Labute approximate surface area is 192 Å². The Morgan fingerprint density at radius 3 is 2.44 bits per heavy atom. The predicted octanol–water partition coefficient (Wildman–Crippen LogP) is 7.57. The lowest BCUT2D eigenvalue weighted by Gasteiger charge is -2.02. The van der Waals surface area contributed by atoms with Crippen LogP contribution in [-0.2, 0) is 0 Å². The lowest BCUT2D eigenvalue weighted by Crippen LogP contribution is -1.92. The Balaban J connectivity index is 1.40. The van der Waals surface area contributed by atoms with Crippen molar-refractivity contribution in [3.63, 3.8) is 0 Å². The van der Waals surface area contributed by atoms with Crippen LogP contribution in [0.4, 0.5) is 0 Å². The summed E-state index contributed by atoms with van der Waals surface area (Å²) in [5.74, 6) is 0.853. The van der Waals surface area contributed by atoms with Crippen molar-refractivity contribution < 1.29 is 4.74 Å². The summed E-state index contributed by atoms with van der Waals surface area (Å²) in [5.41, 5.74) is 5.15. The SMILES string of the molecule is CCOc1cc(-c2ccc[nH]2)[nH]c1/C=C1\C=CC(CCCCCCCCCCCC#N)=N1. The molecule has 0 spiro atoms. The van der Waals surface area contributed by atoms with Crippen molar-refractivity contribution in [1.82, 2.24) is 9.97 Å². The molecule has 3 heterocycles. The van der Waals surface area contributed by atoms with Gasteiger partial charge in [-0.2, -0.15) is 5.26 Å². The highest BCUT2D eigenvalue weighted by Crippen LogP contribution is 2.29. The highest BCUT2D eigenvalue weighted by molar-refractivity contribution is 5.99. The molecule has 5 heteroatoms. The molecule has 0 saturated carbocycles. The van der Waals surface area contributed by atoms with Crippen LogP contribution in [0.15, 0.2) is 47.2 Å². The minimum Gasteiger partial charge on any atom is -0.492 e. The normalized spacial score (nSPS) is 14.1. The quantitative estimate of drug-likeness (QED) is 0.285. The van der Waals surface area contributed by atoms with Gasteiger partial charge in [0.1, 0.15) is 5.75 Å². The molecule has 0 bridgehead atoms. The van der Waals surface area contributed by atoms with Crippen LogP contribution < -0.4 is 4.74 Å². The second-order valence-electron chi connectivity index (χ2n) is 8.32. The van der Waals surface area contributed by atoms with Crippen molar-refractivity contribution in [2.24, 2.45) is 4.99 Å². The molecule has 2 aromatic rings. The first kappa shape index (κ1) is 23.7. The van der Waals surface area contributed by atoms with Gasteiger partial charge in [-0.05, 0) is 56.5 Å². The number of H-pyrrole nitrogens is 2. The highest BCUT2D eigenvalue weighted by atomic mass is 16.5. The van der Waals surface area contributed by atoms with Crippen molar-refractivity contribution in [3.8, 4) is 23.2 Å². The fourth-order valence-electron chi connectivity index (χ4n) is 4.01. The topological polar surface area (TPSA) is 77.0 Å². The van der Waals surface area contributed by atoms with Gasteiger partial charge in [-0.3, -0.25) is 4.99 Å². The molecule has 0 saturated heterocycles. The zero-order valence-corrected chi connectivity index (χ0v) is 19.3. The molecular weight excluding hydrogens is 396 g/mol. The first-order valence-corrected chi connectivity index (χ1v) is 12.1. The summed E-state index contributed by atoms with van der Waals surface area (Å²) in [7, 11) is 0. The largest absolute Gasteiger partial charge is 0.492 e. The lowest BCUT2D eigenvalue weighted by atomic mass is 10.0. The number of nitriles is 1. The second-order valence-corrected chi connectivity index (χ2v) is 8.32. The molecule has 0 radical (unpaired) electrons. The smallest absolute Gasteiger partial charge is 0.144 e. The van der Waals surface area contributed by atoms with Gasteiger partial charge in [0.15, 0.2) is 0 Å². The molecule has 2 N–H and O–H groups in total. The van der Waals surface area contributed by atoms with Gasteiger partial charge >= 0.3 is 0 Å². The van der Waals surface area contributed by atoms with E-state index in [-0.39, 0.29) is 0 Å². The van der Waals surface area contributed by atoms with Crippen LogP contribution in [0.5, 0.6) is 5.75 Å². The second kappa shape index (κ2) is 13.4. The Morgan fingerprint density at radius 1 is 1.00 bits per heavy atom. The minimum atomic E-state index is 0.629. The molecule has 5 nitrogen and oxygen atoms in total. The summed E-state index contributed by atoms with van der Waals surface area (Å²) in [5, 5.41) is 8.54. The van der Waals surface area contributed by atoms with Crippen molar-refractivity contribution in [2.45, 2.75) is 77.6 Å². The fourth-order valence-corrected chi connectivity index (χ4v) is 4.01. The molecule has 1 aliphatic heterocycles. The summed E-state index contributed by atoms with van der Waals surface area (Å²) in [6, 6.07) is 8.29. The number of nitrogens with zero attached hydrogens (tertiary/aromatic N) is 2. The number of aromatic amines is 2. The van der Waals surface area contributed by atoms with Crippen molar-refractivity contribution in [2.75, 3.05) is 6.61 Å². The van der Waals surface area contributed by atoms with E-state index in [0.717, 1.165) is 41.4 Å². The zero-order valence-electron chi connectivity index (χ0n) is 19.3. The van der Waals surface area contributed by atoms with Gasteiger partial charge in [0.05, 0.1) is 35.5 Å². The minimum absolute atomic E-state index is 0.629. The number of rotatable bonds is 15. The van der Waals surface area contributed by atoms with Crippen LogP contribution >= 0.6 is 0 Å². The molecule has 2 aromatic heterocycles. The van der Waals surface area contributed by atoms with Crippen molar-refractivity contribution in [3.05, 3.63) is 47.9 Å². The van der Waals surface area contributed by atoms with E-state index in [0.29, 0.717) is 13.0 Å². The fraction of sp³-hybridized carbons (Fsp3) is 0.481. The third-order valence-corrected chi connectivity index (χ3v) is 5.73. The molecule has 0 unspecified atom stereocenters. The first-order valence-electron chi connectivity index (χ1n) is 12.1. The third kappa shape index (κ3) is 7.60. The van der Waals surface area contributed by atoms with Crippen LogP contribution in [0.1, 0.15) is 83.2 Å². The maximum atomic E-state index is 8.54. The molecular formula is C27H36N4O. The standard InChI is InChI=1S/C27H36N4O/c1-2-32-27-21-25(24-15-13-19-29-24)31-26(27)20-23-17-16-22(30-23)14-11-9-7-5-3-4-6-8-10-12-18-28/h13,15-17,19-21,29,31H,2-12,14H2,1H3/b23-20+. The van der Waals surface area contributed by atoms with E-state index in [1.807, 2.05) is 31.3 Å². The van der Waals surface area contributed by atoms with Gasteiger partial charge in [0.2, 0.25) is 0 Å². The van der Waals surface area contributed by atoms with Gasteiger partial charge in [0.25, 0.3) is 0 Å². The van der Waals surface area contributed by atoms with Gasteiger partial charge in [-0.25, -0.2) is 0 Å². The van der Waals surface area contributed by atoms with Gasteiger partial charge in [0, 0.05) is 24.4 Å². The van der Waals surface area contributed by atoms with Gasteiger partial charge < -0.3 is 14.7 Å². The number of aromatic nitrogens is 2. The first-order chi connectivity index (χ1) is 15.8. The molecule has 0 atom stereocenters. The third-order valence-electron chi connectivity index (χ3n) is 5.73. The van der Waals surface area contributed by atoms with Crippen LogP contribution in [0.2, 0.25) is 0 Å². The van der Waals surface area contributed by atoms with E-state index >= 15 is 0 Å². The van der Waals surface area contributed by atoms with E-state index < -0.39 is 0 Å². The molecule has 3 rings (SSSR count). The average molecular weight is 433 g/mol. The zero-order chi connectivity index (χ0) is 22.4. The monoisotopic (exact) mass is 432 g/mol. The van der Waals surface area contributed by atoms with Crippen molar-refractivity contribution in [1.29, 1.82) is 5.26 Å². The average Bonchev–Trinajstić information content (AvgIpc) is 3.55. The molecule has 32 heavy (non-hydrogen) atoms. The Hall–Kier alpha value is -3.00. The number of nitrogens with one attached hydrogen (secondary N) is 2. The Morgan fingerprint density at radius 2 is 1.75 bits per heavy atom. The molecule has 0 aliphatic carbocycles. The molecule has 0 fully saturated rings. The number of aliphatic imine (C=N–C) groups is 1. The number of unbranched alkanes of at least 4 members (excludes halogenated alkanes) is 9. The van der Waals surface area contributed by atoms with Crippen LogP contribution in [0, 0.1) is 11.3 Å². The van der Waals surface area contributed by atoms with Crippen LogP contribution in [-0.4, -0.2) is 22.3 Å². The van der Waals surface area contributed by atoms with Gasteiger partial charge in [-0.1, -0.05) is 44.9 Å². The maximum absolute atomic E-state index is 8.54. The molecule has 0 amide bonds. The number of hydrogen-bond donors (Lipinski definition) is 2. The number of ether oxygens (including phenoxy) is 1. The van der Waals surface area contributed by atoms with E-state index in [4.69, 9.17) is 15.0 Å². The Bertz CT molecular complexity index is 941. The van der Waals surface area contributed by atoms with Gasteiger partial charge in [-0.15, -0.1) is 0 Å². The van der Waals surface area contributed by atoms with Crippen molar-refractivity contribution >= 4 is 11.8 Å². The predicted molar refractivity (Wildman–Crippen MR) is 133 cm³/mol. The van der Waals surface area contributed by atoms with E-state index in [9.17, 15) is 0 Å². The van der Waals surface area contributed by atoms with E-state index in [2.05, 4.69) is 34.3 Å². The highest BCUT2D eigenvalue weighted by Gasteiger charge is 2.12. The summed E-state index contributed by atoms with van der Waals surface area (Å²) in [6.07, 6.45) is 21.2. The Kier molecular flexibility index (Phi) is 9.92. The van der Waals surface area contributed by atoms with E-state index in [1.165, 1.54) is 57.1 Å². The summed E-state index contributed by atoms with van der Waals surface area (Å²) >= 11 is 0. The molecule has 1 aliphatic rings. The summed E-state index contributed by atoms with van der Waals surface area (Å²) < 4.78 is 5.82. The lowest BCUT2D eigenvalue weighted by molar-refractivity contribution is 0.340. The summed E-state index contributed by atoms with van der Waals surface area (Å²) in [6.45, 7) is 2.63. The summed E-state index contributed by atoms with van der Waals surface area (Å²) in [4.78, 5) is 11.5. The molecule has 0 aromatic carbocycles. The maximum Gasteiger partial charge on any atom is 0.144 e. The van der Waals surface area contributed by atoms with Crippen LogP contribution in [0.3, 0.4) is 0 Å². The number of hydrogen-bond acceptors (Lipinski definition) is 3.